The van der Waals surface area contributed by atoms with Crippen molar-refractivity contribution in [2.45, 2.75) is 38.6 Å². The molecule has 1 saturated heterocycles. The lowest BCUT2D eigenvalue weighted by Gasteiger charge is -2.35. The number of carbonyl (C=O) groups is 1. The van der Waals surface area contributed by atoms with Crippen molar-refractivity contribution in [2.75, 3.05) is 13.2 Å². The average Bonchev–Trinajstić information content (AvgIpc) is 2.56. The highest BCUT2D eigenvalue weighted by atomic mass is 35.5. The lowest BCUT2D eigenvalue weighted by Crippen LogP contribution is -2.43. The van der Waals surface area contributed by atoms with Gasteiger partial charge in [-0.05, 0) is 37.8 Å². The molecule has 0 N–H and O–H groups in total. The Kier molecular flexibility index (Phi) is 4.74. The SMILES string of the molecule is CC(C1CCOCC1)N1N=C(c2ccc(Cl)cn2)CCC1=O. The number of amides is 1. The third kappa shape index (κ3) is 3.31. The summed E-state index contributed by atoms with van der Waals surface area (Å²) in [5.41, 5.74) is 1.65. The molecule has 118 valence electrons. The Bertz CT molecular complexity index is 567. The Morgan fingerprint density at radius 1 is 1.32 bits per heavy atom. The second-order valence-corrected chi connectivity index (χ2v) is 6.27. The van der Waals surface area contributed by atoms with Gasteiger partial charge in [0, 0.05) is 32.3 Å². The van der Waals surface area contributed by atoms with Crippen molar-refractivity contribution in [1.82, 2.24) is 9.99 Å². The summed E-state index contributed by atoms with van der Waals surface area (Å²) in [6, 6.07) is 3.75. The summed E-state index contributed by atoms with van der Waals surface area (Å²) >= 11 is 5.88. The molecule has 0 aliphatic carbocycles. The van der Waals surface area contributed by atoms with Gasteiger partial charge in [0.1, 0.15) is 0 Å². The number of pyridine rings is 1. The van der Waals surface area contributed by atoms with Crippen molar-refractivity contribution in [3.05, 3.63) is 29.0 Å². The van der Waals surface area contributed by atoms with Crippen molar-refractivity contribution < 1.29 is 9.53 Å². The summed E-state index contributed by atoms with van der Waals surface area (Å²) < 4.78 is 5.40. The summed E-state index contributed by atoms with van der Waals surface area (Å²) in [6.07, 6.45) is 4.69. The zero-order valence-electron chi connectivity index (χ0n) is 12.7. The maximum Gasteiger partial charge on any atom is 0.243 e. The maximum atomic E-state index is 12.3. The molecule has 3 rings (SSSR count). The Hall–Kier alpha value is -1.46. The molecule has 3 heterocycles. The van der Waals surface area contributed by atoms with E-state index in [2.05, 4.69) is 17.0 Å². The van der Waals surface area contributed by atoms with E-state index < -0.39 is 0 Å². The van der Waals surface area contributed by atoms with Crippen LogP contribution in [0.5, 0.6) is 0 Å². The fourth-order valence-electron chi connectivity index (χ4n) is 3.02. The monoisotopic (exact) mass is 321 g/mol. The van der Waals surface area contributed by atoms with Gasteiger partial charge in [0.25, 0.3) is 0 Å². The third-order valence-electron chi connectivity index (χ3n) is 4.42. The van der Waals surface area contributed by atoms with Crippen LogP contribution in [0.4, 0.5) is 0 Å². The number of carbonyl (C=O) groups excluding carboxylic acids is 1. The van der Waals surface area contributed by atoms with Gasteiger partial charge in [-0.25, -0.2) is 5.01 Å². The molecule has 0 aromatic carbocycles. The fourth-order valence-corrected chi connectivity index (χ4v) is 3.13. The standard InChI is InChI=1S/C16H20ClN3O2/c1-11(12-6-8-22-9-7-12)20-16(21)5-4-15(19-20)14-3-2-13(17)10-18-14/h2-3,10-12H,4-9H2,1H3. The van der Waals surface area contributed by atoms with Crippen LogP contribution >= 0.6 is 11.6 Å². The van der Waals surface area contributed by atoms with E-state index in [1.165, 1.54) is 0 Å². The smallest absolute Gasteiger partial charge is 0.243 e. The topological polar surface area (TPSA) is 54.8 Å². The molecule has 0 radical (unpaired) electrons. The summed E-state index contributed by atoms with van der Waals surface area (Å²) in [6.45, 7) is 3.62. The number of hydrogen-bond acceptors (Lipinski definition) is 4. The molecule has 5 nitrogen and oxygen atoms in total. The summed E-state index contributed by atoms with van der Waals surface area (Å²) in [4.78, 5) is 16.6. The highest BCUT2D eigenvalue weighted by Gasteiger charge is 2.31. The number of nitrogens with zero attached hydrogens (tertiary/aromatic N) is 3. The lowest BCUT2D eigenvalue weighted by molar-refractivity contribution is -0.135. The molecule has 2 aliphatic rings. The van der Waals surface area contributed by atoms with Crippen molar-refractivity contribution in [3.8, 4) is 0 Å². The molecule has 1 aromatic heterocycles. The number of halogens is 1. The molecule has 0 bridgehead atoms. The van der Waals surface area contributed by atoms with E-state index in [1.807, 2.05) is 6.07 Å². The van der Waals surface area contributed by atoms with E-state index in [0.717, 1.165) is 37.5 Å². The number of ether oxygens (including phenoxy) is 1. The van der Waals surface area contributed by atoms with Crippen LogP contribution in [0.15, 0.2) is 23.4 Å². The molecule has 0 spiro atoms. The molecule has 1 unspecified atom stereocenters. The first kappa shape index (κ1) is 15.4. The van der Waals surface area contributed by atoms with E-state index in [9.17, 15) is 4.79 Å². The minimum Gasteiger partial charge on any atom is -0.381 e. The first-order chi connectivity index (χ1) is 10.6. The Morgan fingerprint density at radius 3 is 2.77 bits per heavy atom. The summed E-state index contributed by atoms with van der Waals surface area (Å²) in [5.74, 6) is 0.538. The van der Waals surface area contributed by atoms with E-state index in [0.29, 0.717) is 23.8 Å². The highest BCUT2D eigenvalue weighted by Crippen LogP contribution is 2.26. The largest absolute Gasteiger partial charge is 0.381 e. The van der Waals surface area contributed by atoms with Crippen LogP contribution in [0.25, 0.3) is 0 Å². The van der Waals surface area contributed by atoms with Crippen LogP contribution < -0.4 is 0 Å². The predicted molar refractivity (Wildman–Crippen MR) is 84.9 cm³/mol. The highest BCUT2D eigenvalue weighted by molar-refractivity contribution is 6.30. The number of rotatable bonds is 3. The fraction of sp³-hybridized carbons (Fsp3) is 0.562. The van der Waals surface area contributed by atoms with Gasteiger partial charge in [0.2, 0.25) is 5.91 Å². The minimum absolute atomic E-state index is 0.0942. The summed E-state index contributed by atoms with van der Waals surface area (Å²) in [7, 11) is 0. The third-order valence-corrected chi connectivity index (χ3v) is 4.64. The molecule has 1 atom stereocenters. The quantitative estimate of drug-likeness (QED) is 0.860. The van der Waals surface area contributed by atoms with Crippen molar-refractivity contribution in [3.63, 3.8) is 0 Å². The van der Waals surface area contributed by atoms with Gasteiger partial charge in [-0.2, -0.15) is 5.10 Å². The Morgan fingerprint density at radius 2 is 2.09 bits per heavy atom. The van der Waals surface area contributed by atoms with Crippen LogP contribution in [0.3, 0.4) is 0 Å². The van der Waals surface area contributed by atoms with Crippen LogP contribution in [0.2, 0.25) is 5.02 Å². The van der Waals surface area contributed by atoms with Crippen LogP contribution in [0, 0.1) is 5.92 Å². The van der Waals surface area contributed by atoms with Gasteiger partial charge < -0.3 is 4.74 Å². The van der Waals surface area contributed by atoms with E-state index in [4.69, 9.17) is 16.3 Å². The normalized spacial score (nSPS) is 21.6. The Labute approximate surface area is 135 Å². The van der Waals surface area contributed by atoms with Crippen LogP contribution in [-0.4, -0.2) is 40.9 Å². The van der Waals surface area contributed by atoms with Gasteiger partial charge in [0.05, 0.1) is 22.5 Å². The Balaban J connectivity index is 1.80. The second kappa shape index (κ2) is 6.75. The van der Waals surface area contributed by atoms with Crippen molar-refractivity contribution in [2.24, 2.45) is 11.0 Å². The van der Waals surface area contributed by atoms with Gasteiger partial charge >= 0.3 is 0 Å². The molecule has 1 amide bonds. The van der Waals surface area contributed by atoms with Gasteiger partial charge in [-0.15, -0.1) is 0 Å². The zero-order valence-corrected chi connectivity index (χ0v) is 13.4. The summed E-state index contributed by atoms with van der Waals surface area (Å²) in [5, 5.41) is 6.85. The maximum absolute atomic E-state index is 12.3. The van der Waals surface area contributed by atoms with Crippen LogP contribution in [0.1, 0.15) is 38.3 Å². The van der Waals surface area contributed by atoms with Crippen molar-refractivity contribution >= 4 is 23.2 Å². The average molecular weight is 322 g/mol. The number of hydrogen-bond donors (Lipinski definition) is 0. The van der Waals surface area contributed by atoms with E-state index in [-0.39, 0.29) is 11.9 Å². The molecular weight excluding hydrogens is 302 g/mol. The predicted octanol–water partition coefficient (Wildman–Crippen LogP) is 2.88. The zero-order chi connectivity index (χ0) is 15.5. The first-order valence-electron chi connectivity index (χ1n) is 7.74. The molecule has 6 heteroatoms. The first-order valence-corrected chi connectivity index (χ1v) is 8.12. The van der Waals surface area contributed by atoms with E-state index >= 15 is 0 Å². The van der Waals surface area contributed by atoms with Gasteiger partial charge in [-0.3, -0.25) is 9.78 Å². The molecule has 1 aromatic rings. The van der Waals surface area contributed by atoms with E-state index in [1.54, 1.807) is 17.3 Å². The number of hydrazone groups is 1. The minimum atomic E-state index is 0.0942. The molecular formula is C16H20ClN3O2. The molecule has 0 saturated carbocycles. The second-order valence-electron chi connectivity index (χ2n) is 5.84. The molecule has 22 heavy (non-hydrogen) atoms. The van der Waals surface area contributed by atoms with Crippen LogP contribution in [-0.2, 0) is 9.53 Å². The lowest BCUT2D eigenvalue weighted by atomic mass is 9.92. The molecule has 1 fully saturated rings. The van der Waals surface area contributed by atoms with Gasteiger partial charge in [-0.1, -0.05) is 11.6 Å². The number of aromatic nitrogens is 1. The van der Waals surface area contributed by atoms with Gasteiger partial charge in [0.15, 0.2) is 0 Å². The van der Waals surface area contributed by atoms with Crippen molar-refractivity contribution in [1.29, 1.82) is 0 Å². The molecule has 2 aliphatic heterocycles.